The molecule has 26 heavy (non-hydrogen) atoms. The highest BCUT2D eigenvalue weighted by atomic mass is 16.7. The van der Waals surface area contributed by atoms with E-state index in [2.05, 4.69) is 5.32 Å². The number of fused-ring (bicyclic) bond motifs is 1. The highest BCUT2D eigenvalue weighted by molar-refractivity contribution is 5.92. The van der Waals surface area contributed by atoms with Crippen molar-refractivity contribution in [3.05, 3.63) is 54.1 Å². The topological polar surface area (TPSA) is 66.0 Å². The van der Waals surface area contributed by atoms with E-state index in [0.29, 0.717) is 37.0 Å². The second kappa shape index (κ2) is 8.80. The van der Waals surface area contributed by atoms with E-state index in [-0.39, 0.29) is 12.7 Å². The van der Waals surface area contributed by atoms with E-state index in [1.54, 1.807) is 24.3 Å². The molecule has 0 saturated heterocycles. The van der Waals surface area contributed by atoms with Crippen LogP contribution in [0.3, 0.4) is 0 Å². The molecule has 0 saturated carbocycles. The van der Waals surface area contributed by atoms with Gasteiger partial charge < -0.3 is 24.3 Å². The Morgan fingerprint density at radius 3 is 2.88 bits per heavy atom. The molecule has 2 aromatic rings. The molecule has 0 aromatic heterocycles. The number of nitrogens with one attached hydrogen (secondary N) is 1. The Morgan fingerprint density at radius 2 is 2.00 bits per heavy atom. The van der Waals surface area contributed by atoms with E-state index in [1.807, 2.05) is 31.2 Å². The molecule has 3 rings (SSSR count). The van der Waals surface area contributed by atoms with Crippen LogP contribution in [0.25, 0.3) is 6.08 Å². The summed E-state index contributed by atoms with van der Waals surface area (Å²) in [7, 11) is 0. The van der Waals surface area contributed by atoms with Crippen molar-refractivity contribution in [2.45, 2.75) is 6.92 Å². The SMILES string of the molecule is CCOc1ccccc1/C=C/C(=O)NCCOc1ccc2c(c1)OCO2. The van der Waals surface area contributed by atoms with Crippen molar-refractivity contribution in [3.63, 3.8) is 0 Å². The Balaban J connectivity index is 1.43. The third-order valence-electron chi connectivity index (χ3n) is 3.65. The molecule has 0 aliphatic carbocycles. The first kappa shape index (κ1) is 17.7. The number of amides is 1. The summed E-state index contributed by atoms with van der Waals surface area (Å²) in [6.45, 7) is 3.48. The monoisotopic (exact) mass is 355 g/mol. The average molecular weight is 355 g/mol. The van der Waals surface area contributed by atoms with Gasteiger partial charge >= 0.3 is 0 Å². The van der Waals surface area contributed by atoms with Crippen LogP contribution >= 0.6 is 0 Å². The van der Waals surface area contributed by atoms with Crippen molar-refractivity contribution in [1.82, 2.24) is 5.32 Å². The van der Waals surface area contributed by atoms with Crippen molar-refractivity contribution < 1.29 is 23.7 Å². The summed E-state index contributed by atoms with van der Waals surface area (Å²) in [6.07, 6.45) is 3.22. The Bertz CT molecular complexity index is 788. The number of para-hydroxylation sites is 1. The molecular formula is C20H21NO5. The van der Waals surface area contributed by atoms with E-state index >= 15 is 0 Å². The standard InChI is InChI=1S/C20H21NO5/c1-2-23-17-6-4-3-5-15(17)7-10-20(22)21-11-12-24-16-8-9-18-19(13-16)26-14-25-18/h3-10,13H,2,11-12,14H2,1H3,(H,21,22)/b10-7+. The number of hydrogen-bond donors (Lipinski definition) is 1. The fourth-order valence-electron chi connectivity index (χ4n) is 2.44. The van der Waals surface area contributed by atoms with Gasteiger partial charge in [0.15, 0.2) is 11.5 Å². The quantitative estimate of drug-likeness (QED) is 0.582. The highest BCUT2D eigenvalue weighted by Crippen LogP contribution is 2.34. The van der Waals surface area contributed by atoms with Gasteiger partial charge in [0.1, 0.15) is 18.1 Å². The fourth-order valence-corrected chi connectivity index (χ4v) is 2.44. The van der Waals surface area contributed by atoms with Gasteiger partial charge in [-0.2, -0.15) is 0 Å². The molecular weight excluding hydrogens is 334 g/mol. The van der Waals surface area contributed by atoms with Crippen LogP contribution < -0.4 is 24.3 Å². The largest absolute Gasteiger partial charge is 0.493 e. The maximum atomic E-state index is 11.9. The number of carbonyl (C=O) groups is 1. The Labute approximate surface area is 152 Å². The third kappa shape index (κ3) is 4.69. The lowest BCUT2D eigenvalue weighted by molar-refractivity contribution is -0.116. The zero-order valence-corrected chi connectivity index (χ0v) is 14.6. The molecule has 6 nitrogen and oxygen atoms in total. The predicted octanol–water partition coefficient (Wildman–Crippen LogP) is 3.02. The summed E-state index contributed by atoms with van der Waals surface area (Å²) in [5.74, 6) is 2.62. The van der Waals surface area contributed by atoms with Gasteiger partial charge in [0.05, 0.1) is 13.2 Å². The minimum Gasteiger partial charge on any atom is -0.493 e. The molecule has 1 heterocycles. The van der Waals surface area contributed by atoms with Gasteiger partial charge in [0, 0.05) is 17.7 Å². The summed E-state index contributed by atoms with van der Waals surface area (Å²) in [5.41, 5.74) is 0.862. The van der Waals surface area contributed by atoms with E-state index in [1.165, 1.54) is 6.08 Å². The van der Waals surface area contributed by atoms with E-state index < -0.39 is 0 Å². The summed E-state index contributed by atoms with van der Waals surface area (Å²) in [6, 6.07) is 13.0. The maximum Gasteiger partial charge on any atom is 0.244 e. The molecule has 1 N–H and O–H groups in total. The Hall–Kier alpha value is -3.15. The summed E-state index contributed by atoms with van der Waals surface area (Å²) < 4.78 is 21.7. The highest BCUT2D eigenvalue weighted by Gasteiger charge is 2.13. The first-order chi connectivity index (χ1) is 12.8. The lowest BCUT2D eigenvalue weighted by Gasteiger charge is -2.08. The van der Waals surface area contributed by atoms with Crippen LogP contribution in [0.1, 0.15) is 12.5 Å². The van der Waals surface area contributed by atoms with Gasteiger partial charge in [-0.25, -0.2) is 0 Å². The minimum atomic E-state index is -0.189. The zero-order chi connectivity index (χ0) is 18.2. The Morgan fingerprint density at radius 1 is 1.15 bits per heavy atom. The summed E-state index contributed by atoms with van der Waals surface area (Å²) in [4.78, 5) is 11.9. The van der Waals surface area contributed by atoms with Crippen LogP contribution in [0.15, 0.2) is 48.5 Å². The van der Waals surface area contributed by atoms with Crippen LogP contribution in [0.5, 0.6) is 23.0 Å². The third-order valence-corrected chi connectivity index (χ3v) is 3.65. The molecule has 0 atom stereocenters. The number of benzene rings is 2. The van der Waals surface area contributed by atoms with Gasteiger partial charge in [-0.15, -0.1) is 0 Å². The van der Waals surface area contributed by atoms with Crippen molar-refractivity contribution in [2.24, 2.45) is 0 Å². The van der Waals surface area contributed by atoms with Gasteiger partial charge in [0.25, 0.3) is 0 Å². The molecule has 2 aromatic carbocycles. The fraction of sp³-hybridized carbons (Fsp3) is 0.250. The van der Waals surface area contributed by atoms with Crippen LogP contribution in [-0.4, -0.2) is 32.5 Å². The smallest absolute Gasteiger partial charge is 0.244 e. The first-order valence-corrected chi connectivity index (χ1v) is 8.46. The number of carbonyl (C=O) groups excluding carboxylic acids is 1. The number of ether oxygens (including phenoxy) is 4. The van der Waals surface area contributed by atoms with Crippen LogP contribution in [0.4, 0.5) is 0 Å². The molecule has 0 fully saturated rings. The van der Waals surface area contributed by atoms with Crippen LogP contribution in [0.2, 0.25) is 0 Å². The van der Waals surface area contributed by atoms with Gasteiger partial charge in [0.2, 0.25) is 12.7 Å². The van der Waals surface area contributed by atoms with Gasteiger partial charge in [-0.05, 0) is 31.2 Å². The van der Waals surface area contributed by atoms with Crippen LogP contribution in [-0.2, 0) is 4.79 Å². The lowest BCUT2D eigenvalue weighted by atomic mass is 10.2. The average Bonchev–Trinajstić information content (AvgIpc) is 3.12. The number of hydrogen-bond acceptors (Lipinski definition) is 5. The zero-order valence-electron chi connectivity index (χ0n) is 14.6. The van der Waals surface area contributed by atoms with Crippen molar-refractivity contribution in [1.29, 1.82) is 0 Å². The molecule has 1 amide bonds. The van der Waals surface area contributed by atoms with Gasteiger partial charge in [-0.1, -0.05) is 18.2 Å². The maximum absolute atomic E-state index is 11.9. The summed E-state index contributed by atoms with van der Waals surface area (Å²) in [5, 5.41) is 2.78. The van der Waals surface area contributed by atoms with Crippen molar-refractivity contribution in [3.8, 4) is 23.0 Å². The molecule has 1 aliphatic heterocycles. The van der Waals surface area contributed by atoms with Gasteiger partial charge in [-0.3, -0.25) is 4.79 Å². The van der Waals surface area contributed by atoms with Crippen LogP contribution in [0, 0.1) is 0 Å². The normalized spacial score (nSPS) is 12.2. The molecule has 136 valence electrons. The predicted molar refractivity (Wildman–Crippen MR) is 97.7 cm³/mol. The Kier molecular flexibility index (Phi) is 5.98. The second-order valence-corrected chi connectivity index (χ2v) is 5.46. The molecule has 0 bridgehead atoms. The first-order valence-electron chi connectivity index (χ1n) is 8.46. The molecule has 1 aliphatic rings. The molecule has 6 heteroatoms. The second-order valence-electron chi connectivity index (χ2n) is 5.46. The van der Waals surface area contributed by atoms with E-state index in [9.17, 15) is 4.79 Å². The summed E-state index contributed by atoms with van der Waals surface area (Å²) >= 11 is 0. The minimum absolute atomic E-state index is 0.189. The molecule has 0 radical (unpaired) electrons. The lowest BCUT2D eigenvalue weighted by Crippen LogP contribution is -2.26. The number of rotatable bonds is 8. The van der Waals surface area contributed by atoms with Crippen molar-refractivity contribution >= 4 is 12.0 Å². The van der Waals surface area contributed by atoms with Crippen molar-refractivity contribution in [2.75, 3.05) is 26.6 Å². The molecule has 0 spiro atoms. The molecule has 0 unspecified atom stereocenters. The van der Waals surface area contributed by atoms with E-state index in [4.69, 9.17) is 18.9 Å². The van der Waals surface area contributed by atoms with E-state index in [0.717, 1.165) is 11.3 Å².